The van der Waals surface area contributed by atoms with Crippen molar-refractivity contribution in [1.29, 1.82) is 0 Å². The van der Waals surface area contributed by atoms with E-state index < -0.39 is 0 Å². The van der Waals surface area contributed by atoms with Crippen LogP contribution in [0.15, 0.2) is 60.7 Å². The molecule has 1 aromatic heterocycles. The molecule has 9 heteroatoms. The van der Waals surface area contributed by atoms with Crippen LogP contribution in [0.3, 0.4) is 0 Å². The second kappa shape index (κ2) is 8.25. The highest BCUT2D eigenvalue weighted by Crippen LogP contribution is 2.41. The largest absolute Gasteiger partial charge is 0.347 e. The second-order valence-corrected chi connectivity index (χ2v) is 9.77. The third kappa shape index (κ3) is 3.51. The molecular formula is C25H21Cl2N5O2. The van der Waals surface area contributed by atoms with E-state index in [2.05, 4.69) is 15.4 Å². The van der Waals surface area contributed by atoms with E-state index >= 15 is 0 Å². The van der Waals surface area contributed by atoms with E-state index in [0.29, 0.717) is 35.3 Å². The van der Waals surface area contributed by atoms with Gasteiger partial charge in [0.25, 0.3) is 5.95 Å². The number of benzene rings is 2. The lowest BCUT2D eigenvalue weighted by Gasteiger charge is -2.31. The number of rotatable bonds is 3. The zero-order chi connectivity index (χ0) is 23.4. The molecule has 6 rings (SSSR count). The number of aromatic nitrogens is 3. The molecule has 2 aromatic carbocycles. The number of hydrogen-bond acceptors (Lipinski definition) is 5. The summed E-state index contributed by atoms with van der Waals surface area (Å²) in [6.07, 6.45) is 5.77. The van der Waals surface area contributed by atoms with Crippen LogP contribution in [-0.2, 0) is 9.59 Å². The Bertz CT molecular complexity index is 1280. The van der Waals surface area contributed by atoms with Crippen molar-refractivity contribution < 1.29 is 9.59 Å². The van der Waals surface area contributed by atoms with Gasteiger partial charge >= 0.3 is 0 Å². The highest BCUT2D eigenvalue weighted by molar-refractivity contribution is 6.30. The summed E-state index contributed by atoms with van der Waals surface area (Å²) < 4.78 is 1.77. The lowest BCUT2D eigenvalue weighted by Crippen LogP contribution is -2.32. The lowest BCUT2D eigenvalue weighted by molar-refractivity contribution is -0.122. The van der Waals surface area contributed by atoms with Crippen LogP contribution in [0, 0.1) is 11.8 Å². The van der Waals surface area contributed by atoms with E-state index in [4.69, 9.17) is 23.2 Å². The summed E-state index contributed by atoms with van der Waals surface area (Å²) in [6, 6.07) is 15.1. The third-order valence-electron chi connectivity index (χ3n) is 6.91. The Labute approximate surface area is 206 Å². The molecule has 0 spiro atoms. The van der Waals surface area contributed by atoms with Crippen LogP contribution in [0.25, 0.3) is 0 Å². The first-order valence-electron chi connectivity index (χ1n) is 11.3. The number of nitrogens with one attached hydrogen (secondary N) is 1. The quantitative estimate of drug-likeness (QED) is 0.401. The van der Waals surface area contributed by atoms with Crippen LogP contribution < -0.4 is 10.2 Å². The molecule has 3 aliphatic rings. The number of hydrogen-bond donors (Lipinski definition) is 1. The van der Waals surface area contributed by atoms with E-state index in [-0.39, 0.29) is 41.7 Å². The van der Waals surface area contributed by atoms with Crippen molar-refractivity contribution in [3.63, 3.8) is 0 Å². The van der Waals surface area contributed by atoms with Gasteiger partial charge in [-0.1, -0.05) is 59.6 Å². The van der Waals surface area contributed by atoms with Gasteiger partial charge in [0.05, 0.1) is 23.9 Å². The fourth-order valence-electron chi connectivity index (χ4n) is 5.13. The van der Waals surface area contributed by atoms with Crippen LogP contribution in [0.1, 0.15) is 42.5 Å². The van der Waals surface area contributed by atoms with Gasteiger partial charge in [-0.3, -0.25) is 9.59 Å². The Kier molecular flexibility index (Phi) is 5.19. The molecule has 4 atom stereocenters. The summed E-state index contributed by atoms with van der Waals surface area (Å²) in [4.78, 5) is 32.0. The van der Waals surface area contributed by atoms with E-state index in [0.717, 1.165) is 11.1 Å². The molecule has 1 aliphatic carbocycles. The topological polar surface area (TPSA) is 80.1 Å². The van der Waals surface area contributed by atoms with Crippen LogP contribution in [-0.4, -0.2) is 26.6 Å². The van der Waals surface area contributed by atoms with Gasteiger partial charge in [-0.05, 0) is 54.7 Å². The van der Waals surface area contributed by atoms with Crippen LogP contribution in [0.5, 0.6) is 0 Å². The summed E-state index contributed by atoms with van der Waals surface area (Å²) in [6.45, 7) is 0. The molecule has 2 aliphatic heterocycles. The number of imide groups is 1. The van der Waals surface area contributed by atoms with Crippen molar-refractivity contribution in [2.24, 2.45) is 11.8 Å². The highest BCUT2D eigenvalue weighted by atomic mass is 35.5. The fraction of sp³-hybridized carbons (Fsp3) is 0.280. The monoisotopic (exact) mass is 493 g/mol. The van der Waals surface area contributed by atoms with Crippen molar-refractivity contribution in [2.75, 3.05) is 10.2 Å². The molecule has 0 unspecified atom stereocenters. The predicted octanol–water partition coefficient (Wildman–Crippen LogP) is 5.19. The predicted molar refractivity (Wildman–Crippen MR) is 130 cm³/mol. The highest BCUT2D eigenvalue weighted by Gasteiger charge is 2.49. The average molecular weight is 494 g/mol. The summed E-state index contributed by atoms with van der Waals surface area (Å²) in [5.74, 6) is -0.476. The van der Waals surface area contributed by atoms with Gasteiger partial charge in [0.1, 0.15) is 0 Å². The Hall–Kier alpha value is -3.16. The second-order valence-electron chi connectivity index (χ2n) is 8.90. The normalized spacial score (nSPS) is 25.8. The van der Waals surface area contributed by atoms with Crippen LogP contribution in [0.2, 0.25) is 10.0 Å². The molecular weight excluding hydrogens is 473 g/mol. The minimum Gasteiger partial charge on any atom is -0.347 e. The van der Waals surface area contributed by atoms with Gasteiger partial charge in [0, 0.05) is 10.0 Å². The van der Waals surface area contributed by atoms with E-state index in [1.54, 1.807) is 4.68 Å². The summed E-state index contributed by atoms with van der Waals surface area (Å²) >= 11 is 12.2. The van der Waals surface area contributed by atoms with Crippen molar-refractivity contribution in [3.05, 3.63) is 81.9 Å². The van der Waals surface area contributed by atoms with Crippen molar-refractivity contribution in [3.8, 4) is 0 Å². The lowest BCUT2D eigenvalue weighted by atomic mass is 9.85. The minimum atomic E-state index is -0.333. The average Bonchev–Trinajstić information content (AvgIpc) is 3.38. The Morgan fingerprint density at radius 2 is 1.38 bits per heavy atom. The molecule has 2 amide bonds. The molecule has 1 N–H and O–H groups in total. The molecule has 3 heterocycles. The standard InChI is InChI=1S/C25H21Cl2N5O2/c26-16-9-5-14(6-10-16)20-13-21(15-7-11-17(27)12-8-15)32-24(28-20)29-25(30-32)31-22(33)18-3-1-2-4-19(18)23(31)34/h1-2,5-12,18-21H,3-4,13H2,(H,28,29,30)/t18-,19+,20-,21+/m0/s1. The number of halogens is 2. The zero-order valence-corrected chi connectivity index (χ0v) is 19.6. The number of carbonyl (C=O) groups excluding carboxylic acids is 2. The zero-order valence-electron chi connectivity index (χ0n) is 18.1. The maximum absolute atomic E-state index is 13.1. The maximum atomic E-state index is 13.1. The molecule has 0 radical (unpaired) electrons. The van der Waals surface area contributed by atoms with E-state index in [9.17, 15) is 9.59 Å². The van der Waals surface area contributed by atoms with E-state index in [1.165, 1.54) is 4.90 Å². The molecule has 1 fully saturated rings. The SMILES string of the molecule is O=C1[C@H]2CC=CC[C@H]2C(=O)N1c1nc2n(n1)[C@@H](c1ccc(Cl)cc1)C[C@@H](c1ccc(Cl)cc1)N2. The van der Waals surface area contributed by atoms with Crippen molar-refractivity contribution in [2.45, 2.75) is 31.3 Å². The van der Waals surface area contributed by atoms with Gasteiger partial charge in [0.2, 0.25) is 17.8 Å². The third-order valence-corrected chi connectivity index (χ3v) is 7.42. The molecule has 1 saturated heterocycles. The number of fused-ring (bicyclic) bond motifs is 2. The first-order chi connectivity index (χ1) is 16.5. The van der Waals surface area contributed by atoms with Gasteiger partial charge in [-0.25, -0.2) is 9.58 Å². The summed E-state index contributed by atoms with van der Waals surface area (Å²) in [5.41, 5.74) is 2.07. The first kappa shape index (κ1) is 21.4. The smallest absolute Gasteiger partial charge is 0.260 e. The summed E-state index contributed by atoms with van der Waals surface area (Å²) in [5, 5.41) is 9.42. The molecule has 3 aromatic rings. The number of allylic oxidation sites excluding steroid dienone is 2. The molecule has 0 bridgehead atoms. The minimum absolute atomic E-state index is 0.0562. The maximum Gasteiger partial charge on any atom is 0.260 e. The Balaban J connectivity index is 1.40. The molecule has 34 heavy (non-hydrogen) atoms. The number of amides is 2. The number of carbonyl (C=O) groups is 2. The molecule has 0 saturated carbocycles. The van der Waals surface area contributed by atoms with Crippen molar-refractivity contribution in [1.82, 2.24) is 14.8 Å². The van der Waals surface area contributed by atoms with E-state index in [1.807, 2.05) is 60.7 Å². The number of nitrogens with zero attached hydrogens (tertiary/aromatic N) is 4. The van der Waals surface area contributed by atoms with Gasteiger partial charge < -0.3 is 5.32 Å². The van der Waals surface area contributed by atoms with Crippen molar-refractivity contribution >= 4 is 46.9 Å². The fourth-order valence-corrected chi connectivity index (χ4v) is 5.39. The Morgan fingerprint density at radius 1 is 0.824 bits per heavy atom. The molecule has 7 nitrogen and oxygen atoms in total. The van der Waals surface area contributed by atoms with Gasteiger partial charge in [0.15, 0.2) is 0 Å². The summed E-state index contributed by atoms with van der Waals surface area (Å²) in [7, 11) is 0. The first-order valence-corrected chi connectivity index (χ1v) is 12.0. The number of anilines is 2. The Morgan fingerprint density at radius 3 is 1.97 bits per heavy atom. The van der Waals surface area contributed by atoms with Gasteiger partial charge in [-0.15, -0.1) is 5.10 Å². The van der Waals surface area contributed by atoms with Crippen LogP contribution >= 0.6 is 23.2 Å². The van der Waals surface area contributed by atoms with Gasteiger partial charge in [-0.2, -0.15) is 4.98 Å². The molecule has 172 valence electrons. The van der Waals surface area contributed by atoms with Crippen LogP contribution in [0.4, 0.5) is 11.9 Å².